The number of rotatable bonds is 0. The van der Waals surface area contributed by atoms with E-state index in [0.29, 0.717) is 16.9 Å². The van der Waals surface area contributed by atoms with Crippen LogP contribution in [0.25, 0.3) is 0 Å². The van der Waals surface area contributed by atoms with Gasteiger partial charge in [-0.25, -0.2) is 0 Å². The van der Waals surface area contributed by atoms with Gasteiger partial charge in [-0.3, -0.25) is 0 Å². The van der Waals surface area contributed by atoms with E-state index in [1.807, 2.05) is 0 Å². The summed E-state index contributed by atoms with van der Waals surface area (Å²) in [6.45, 7) is 10.5. The Bertz CT molecular complexity index is 427. The second-order valence-electron chi connectivity index (χ2n) is 8.65. The molecule has 1 unspecified atom stereocenters. The summed E-state index contributed by atoms with van der Waals surface area (Å²) in [4.78, 5) is 0. The fraction of sp³-hybridized carbons (Fsp3) is 0.895. The van der Waals surface area contributed by atoms with Crippen molar-refractivity contribution >= 4 is 0 Å². The van der Waals surface area contributed by atoms with Gasteiger partial charge in [-0.15, -0.1) is 0 Å². The lowest BCUT2D eigenvalue weighted by Crippen LogP contribution is -2.54. The number of hydrogen-bond donors (Lipinski definition) is 0. The van der Waals surface area contributed by atoms with E-state index in [1.54, 1.807) is 5.57 Å². The number of hydrogen-bond acceptors (Lipinski definition) is 1. The Labute approximate surface area is 124 Å². The van der Waals surface area contributed by atoms with Crippen LogP contribution in [-0.4, -0.2) is 12.7 Å². The van der Waals surface area contributed by atoms with E-state index in [2.05, 4.69) is 20.4 Å². The van der Waals surface area contributed by atoms with Crippen LogP contribution in [-0.2, 0) is 4.74 Å². The average Bonchev–Trinajstić information content (AvgIpc) is 2.80. The van der Waals surface area contributed by atoms with Crippen molar-refractivity contribution in [1.29, 1.82) is 0 Å². The van der Waals surface area contributed by atoms with Crippen molar-refractivity contribution in [3.63, 3.8) is 0 Å². The van der Waals surface area contributed by atoms with Gasteiger partial charge in [-0.2, -0.15) is 0 Å². The molecule has 0 aromatic heterocycles. The van der Waals surface area contributed by atoms with Gasteiger partial charge >= 0.3 is 0 Å². The van der Waals surface area contributed by atoms with Crippen molar-refractivity contribution in [2.45, 2.75) is 71.3 Å². The molecule has 0 aromatic carbocycles. The smallest absolute Gasteiger partial charge is 0.0660 e. The lowest BCUT2D eigenvalue weighted by atomic mass is 9.46. The summed E-state index contributed by atoms with van der Waals surface area (Å²) in [7, 11) is 0. The molecule has 1 aliphatic heterocycles. The molecule has 1 heterocycles. The second kappa shape index (κ2) is 4.35. The highest BCUT2D eigenvalue weighted by atomic mass is 16.5. The van der Waals surface area contributed by atoms with Gasteiger partial charge in [0.25, 0.3) is 0 Å². The Morgan fingerprint density at radius 1 is 1.10 bits per heavy atom. The van der Waals surface area contributed by atoms with Crippen LogP contribution in [0.3, 0.4) is 0 Å². The molecule has 112 valence electrons. The molecule has 1 nitrogen and oxygen atoms in total. The lowest BCUT2D eigenvalue weighted by molar-refractivity contribution is -0.123. The number of ether oxygens (including phenoxy) is 1. The van der Waals surface area contributed by atoms with Gasteiger partial charge < -0.3 is 4.74 Å². The van der Waals surface area contributed by atoms with E-state index >= 15 is 0 Å². The average molecular weight is 274 g/mol. The number of fused-ring (bicyclic) bond motifs is 5. The Hall–Kier alpha value is -0.300. The zero-order valence-electron chi connectivity index (χ0n) is 13.3. The van der Waals surface area contributed by atoms with Crippen molar-refractivity contribution < 1.29 is 4.74 Å². The highest BCUT2D eigenvalue weighted by Gasteiger charge is 2.58. The third kappa shape index (κ3) is 1.65. The fourth-order valence-corrected chi connectivity index (χ4v) is 6.60. The molecule has 0 aromatic rings. The van der Waals surface area contributed by atoms with E-state index in [0.717, 1.165) is 24.4 Å². The zero-order chi connectivity index (χ0) is 14.0. The van der Waals surface area contributed by atoms with Gasteiger partial charge in [-0.1, -0.05) is 26.0 Å². The van der Waals surface area contributed by atoms with E-state index in [4.69, 9.17) is 4.74 Å². The summed E-state index contributed by atoms with van der Waals surface area (Å²) >= 11 is 0. The van der Waals surface area contributed by atoms with Crippen LogP contribution in [0.5, 0.6) is 0 Å². The maximum atomic E-state index is 6.26. The highest BCUT2D eigenvalue weighted by molar-refractivity contribution is 5.16. The molecule has 4 aliphatic rings. The van der Waals surface area contributed by atoms with E-state index in [1.165, 1.54) is 51.4 Å². The summed E-state index contributed by atoms with van der Waals surface area (Å²) in [5.74, 6) is 2.54. The van der Waals surface area contributed by atoms with Crippen molar-refractivity contribution in [2.75, 3.05) is 6.61 Å². The topological polar surface area (TPSA) is 9.23 Å². The monoisotopic (exact) mass is 274 g/mol. The molecule has 0 radical (unpaired) electrons. The summed E-state index contributed by atoms with van der Waals surface area (Å²) in [5.41, 5.74) is 2.60. The molecule has 4 rings (SSSR count). The van der Waals surface area contributed by atoms with Crippen molar-refractivity contribution in [2.24, 2.45) is 28.6 Å². The van der Waals surface area contributed by atoms with Crippen LogP contribution in [0.15, 0.2) is 12.2 Å². The third-order valence-electron chi connectivity index (χ3n) is 7.73. The van der Waals surface area contributed by atoms with Crippen molar-refractivity contribution in [1.82, 2.24) is 0 Å². The minimum absolute atomic E-state index is 0.496. The molecular formula is C19H30O. The zero-order valence-corrected chi connectivity index (χ0v) is 13.3. The molecule has 0 spiro atoms. The largest absolute Gasteiger partial charge is 0.377 e. The first kappa shape index (κ1) is 13.4. The summed E-state index contributed by atoms with van der Waals surface area (Å²) in [6.07, 6.45) is 11.6. The molecular weight excluding hydrogens is 244 g/mol. The molecule has 20 heavy (non-hydrogen) atoms. The Morgan fingerprint density at radius 2 is 1.95 bits per heavy atom. The first-order chi connectivity index (χ1) is 9.55. The quantitative estimate of drug-likeness (QED) is 0.567. The maximum absolute atomic E-state index is 6.26. The van der Waals surface area contributed by atoms with Crippen molar-refractivity contribution in [3.8, 4) is 0 Å². The Balaban J connectivity index is 1.67. The summed E-state index contributed by atoms with van der Waals surface area (Å²) in [6, 6.07) is 0. The van der Waals surface area contributed by atoms with Gasteiger partial charge in [0, 0.05) is 6.61 Å². The van der Waals surface area contributed by atoms with Crippen LogP contribution in [0.4, 0.5) is 0 Å². The van der Waals surface area contributed by atoms with Crippen LogP contribution in [0.1, 0.15) is 65.2 Å². The molecule has 0 amide bonds. The maximum Gasteiger partial charge on any atom is 0.0660 e. The number of allylic oxidation sites excluding steroid dienone is 1. The molecule has 0 N–H and O–H groups in total. The first-order valence-electron chi connectivity index (χ1n) is 8.84. The Kier molecular flexibility index (Phi) is 2.91. The summed E-state index contributed by atoms with van der Waals surface area (Å²) < 4.78 is 6.26. The van der Waals surface area contributed by atoms with Crippen LogP contribution in [0, 0.1) is 28.6 Å². The van der Waals surface area contributed by atoms with E-state index in [-0.39, 0.29) is 0 Å². The minimum Gasteiger partial charge on any atom is -0.377 e. The molecule has 1 saturated heterocycles. The van der Waals surface area contributed by atoms with Crippen LogP contribution in [0.2, 0.25) is 0 Å². The van der Waals surface area contributed by atoms with Crippen molar-refractivity contribution in [3.05, 3.63) is 12.2 Å². The highest BCUT2D eigenvalue weighted by Crippen LogP contribution is 2.63. The predicted octanol–water partition coefficient (Wildman–Crippen LogP) is 4.96. The first-order valence-corrected chi connectivity index (χ1v) is 8.84. The lowest BCUT2D eigenvalue weighted by Gasteiger charge is -2.59. The van der Waals surface area contributed by atoms with Gasteiger partial charge in [-0.05, 0) is 80.0 Å². The van der Waals surface area contributed by atoms with Gasteiger partial charge in [0.1, 0.15) is 0 Å². The minimum atomic E-state index is 0.496. The van der Waals surface area contributed by atoms with E-state index in [9.17, 15) is 0 Å². The second-order valence-corrected chi connectivity index (χ2v) is 8.65. The summed E-state index contributed by atoms with van der Waals surface area (Å²) in [5, 5.41) is 0. The van der Waals surface area contributed by atoms with Crippen LogP contribution < -0.4 is 0 Å². The molecule has 1 heteroatoms. The SMILES string of the molecule is C=C1CCC[C@@]2(C)C1CC[C@H]1[C@@H]3OCC[C@@]3(C)CC[C@@H]12. The predicted molar refractivity (Wildman–Crippen MR) is 82.5 cm³/mol. The fourth-order valence-electron chi connectivity index (χ4n) is 6.60. The van der Waals surface area contributed by atoms with Gasteiger partial charge in [0.2, 0.25) is 0 Å². The normalized spacial score (nSPS) is 55.0. The van der Waals surface area contributed by atoms with Gasteiger partial charge in [0.15, 0.2) is 0 Å². The molecule has 6 atom stereocenters. The van der Waals surface area contributed by atoms with Gasteiger partial charge in [0.05, 0.1) is 6.10 Å². The molecule has 4 fully saturated rings. The molecule has 0 bridgehead atoms. The molecule has 3 aliphatic carbocycles. The third-order valence-corrected chi connectivity index (χ3v) is 7.73. The standard InChI is InChI=1S/C19H30O/c1-13-5-4-9-19(3)15(13)7-6-14-16(19)8-10-18(2)11-12-20-17(14)18/h14-17H,1,4-12H2,2-3H3/t14-,15?,16+,17+,18-,19+/m1/s1. The Morgan fingerprint density at radius 3 is 2.80 bits per heavy atom. The van der Waals surface area contributed by atoms with Crippen LogP contribution >= 0.6 is 0 Å². The van der Waals surface area contributed by atoms with E-state index < -0.39 is 0 Å². The molecule has 3 saturated carbocycles.